The molecule has 0 fully saturated rings. The van der Waals surface area contributed by atoms with Gasteiger partial charge in [0.2, 0.25) is 29.4 Å². The molecular formula is C90H69Cl3F5N17O9. The lowest BCUT2D eigenvalue weighted by molar-refractivity contribution is -0.154. The first-order chi connectivity index (χ1) is 59.7. The summed E-state index contributed by atoms with van der Waals surface area (Å²) in [6.45, 7) is 6.38. The minimum Gasteiger partial charge on any atom is -0.478 e. The summed E-state index contributed by atoms with van der Waals surface area (Å²) in [6.07, 6.45) is 0.522. The second kappa shape index (κ2) is 36.3. The average Bonchev–Trinajstić information content (AvgIpc) is 0.891. The van der Waals surface area contributed by atoms with Gasteiger partial charge in [-0.2, -0.15) is 71.3 Å². The highest BCUT2D eigenvalue weighted by atomic mass is 35.5. The lowest BCUT2D eigenvalue weighted by atomic mass is 10.1. The molecule has 11 aromatic heterocycles. The maximum atomic E-state index is 13.7. The molecule has 624 valence electrons. The van der Waals surface area contributed by atoms with E-state index in [0.717, 1.165) is 38.5 Å². The summed E-state index contributed by atoms with van der Waals surface area (Å²) in [5.41, 5.74) is 11.7. The van der Waals surface area contributed by atoms with Gasteiger partial charge in [0.05, 0.1) is 75.9 Å². The van der Waals surface area contributed by atoms with Crippen molar-refractivity contribution in [2.75, 3.05) is 26.4 Å². The van der Waals surface area contributed by atoms with E-state index >= 15 is 0 Å². The van der Waals surface area contributed by atoms with Crippen LogP contribution in [-0.4, -0.2) is 123 Å². The molecular weight excluding hydrogens is 1660 g/mol. The Labute approximate surface area is 715 Å². The number of aryl methyl sites for hydroxylation is 4. The highest BCUT2D eigenvalue weighted by Gasteiger charge is 2.30. The van der Waals surface area contributed by atoms with Crippen molar-refractivity contribution in [2.45, 2.75) is 47.4 Å². The Balaban J connectivity index is 0.000000128. The lowest BCUT2D eigenvalue weighted by Crippen LogP contribution is -2.24. The molecule has 0 saturated carbocycles. The van der Waals surface area contributed by atoms with Gasteiger partial charge in [-0.3, -0.25) is 28.5 Å². The zero-order valence-electron chi connectivity index (χ0n) is 66.7. The minimum absolute atomic E-state index is 0.135. The van der Waals surface area contributed by atoms with Gasteiger partial charge >= 0.3 is 12.8 Å². The number of nitrogens with zero attached hydrogens (tertiary/aromatic N) is 17. The van der Waals surface area contributed by atoms with Gasteiger partial charge in [0.15, 0.2) is 6.61 Å². The van der Waals surface area contributed by atoms with Crippen LogP contribution in [0.25, 0.3) is 133 Å². The summed E-state index contributed by atoms with van der Waals surface area (Å²) in [6, 6.07) is 62.6. The second-order valence-electron chi connectivity index (χ2n) is 27.7. The number of hydrogen-bond donors (Lipinski definition) is 0. The summed E-state index contributed by atoms with van der Waals surface area (Å²) in [4.78, 5) is 75.8. The van der Waals surface area contributed by atoms with E-state index in [1.165, 1.54) is 49.2 Å². The van der Waals surface area contributed by atoms with Crippen molar-refractivity contribution in [3.05, 3.63) is 305 Å². The molecule has 0 atom stereocenters. The van der Waals surface area contributed by atoms with E-state index in [1.807, 2.05) is 158 Å². The molecule has 0 bridgehead atoms. The molecule has 26 nitrogen and oxygen atoms in total. The van der Waals surface area contributed by atoms with Gasteiger partial charge in [-0.25, -0.2) is 24.9 Å². The van der Waals surface area contributed by atoms with E-state index in [9.17, 15) is 41.1 Å². The SMILES string of the molecule is CCOc1ccc2nn(-c3ccc(C)cc3)c(=O)c(-c3ccc(Cl)cc3)c2n1.CCOc1ccc2nn(-c3ccc4nn(C)cc4c3)c(=O)c(-c3ccc(Cl)cc3)c2n1.CCOc1ccc2nn(-c3ccc4nn(C)cc4c3)c(=O)c(-c3ccc(OC(F)F)nc3)c2n1.Cc1ccc(-n2nc3ccc(OCC(F)(F)F)nc3c(-c3ccc(Cl)cc3)c2=O)cc1. The molecule has 0 aliphatic carbocycles. The largest absolute Gasteiger partial charge is 0.478 e. The molecule has 7 aromatic carbocycles. The van der Waals surface area contributed by atoms with Crippen LogP contribution in [0.4, 0.5) is 22.0 Å². The fourth-order valence-corrected chi connectivity index (χ4v) is 13.7. The molecule has 0 unspecified atom stereocenters. The molecule has 0 aliphatic rings. The molecule has 18 aromatic rings. The molecule has 0 amide bonds. The number of pyridine rings is 5. The van der Waals surface area contributed by atoms with E-state index in [-0.39, 0.29) is 39.5 Å². The van der Waals surface area contributed by atoms with Crippen LogP contribution in [0.1, 0.15) is 31.9 Å². The Morgan fingerprint density at radius 2 is 0.645 bits per heavy atom. The number of hydrogen-bond acceptors (Lipinski definition) is 20. The van der Waals surface area contributed by atoms with Crippen molar-refractivity contribution in [2.24, 2.45) is 14.1 Å². The average molecular weight is 1730 g/mol. The summed E-state index contributed by atoms with van der Waals surface area (Å²) in [5, 5.41) is 30.2. The van der Waals surface area contributed by atoms with Crippen LogP contribution in [0.2, 0.25) is 15.1 Å². The van der Waals surface area contributed by atoms with Gasteiger partial charge in [0.1, 0.15) is 44.1 Å². The maximum absolute atomic E-state index is 13.7. The summed E-state index contributed by atoms with van der Waals surface area (Å²) in [7, 11) is 3.68. The van der Waals surface area contributed by atoms with E-state index in [2.05, 4.69) is 60.2 Å². The number of ether oxygens (including phenoxy) is 5. The normalized spacial score (nSPS) is 11.4. The second-order valence-corrected chi connectivity index (χ2v) is 29.0. The predicted molar refractivity (Wildman–Crippen MR) is 465 cm³/mol. The Hall–Kier alpha value is -14.7. The highest BCUT2D eigenvalue weighted by molar-refractivity contribution is 6.31. The predicted octanol–water partition coefficient (Wildman–Crippen LogP) is 18.3. The smallest absolute Gasteiger partial charge is 0.422 e. The first kappa shape index (κ1) is 84.3. The molecule has 34 heteroatoms. The van der Waals surface area contributed by atoms with Gasteiger partial charge in [-0.15, -0.1) is 0 Å². The van der Waals surface area contributed by atoms with E-state index in [1.54, 1.807) is 106 Å². The van der Waals surface area contributed by atoms with Crippen LogP contribution in [0.3, 0.4) is 0 Å². The zero-order chi connectivity index (χ0) is 87.2. The van der Waals surface area contributed by atoms with E-state index in [4.69, 9.17) is 53.8 Å². The third-order valence-corrected chi connectivity index (χ3v) is 19.7. The highest BCUT2D eigenvalue weighted by Crippen LogP contribution is 2.34. The van der Waals surface area contributed by atoms with Crippen LogP contribution < -0.4 is 45.9 Å². The maximum Gasteiger partial charge on any atom is 0.422 e. The van der Waals surface area contributed by atoms with E-state index < -0.39 is 30.5 Å². The molecule has 0 aliphatic heterocycles. The van der Waals surface area contributed by atoms with Crippen LogP contribution in [0.5, 0.6) is 29.4 Å². The van der Waals surface area contributed by atoms with Crippen LogP contribution in [0, 0.1) is 13.8 Å². The van der Waals surface area contributed by atoms with E-state index in [0.29, 0.717) is 142 Å². The van der Waals surface area contributed by atoms with Crippen molar-refractivity contribution in [1.82, 2.24) is 83.6 Å². The molecule has 18 rings (SSSR count). The van der Waals surface area contributed by atoms with Gasteiger partial charge < -0.3 is 23.7 Å². The van der Waals surface area contributed by atoms with Crippen molar-refractivity contribution >= 4 is 101 Å². The molecule has 11 heterocycles. The number of aromatic nitrogens is 17. The summed E-state index contributed by atoms with van der Waals surface area (Å²) in [5.74, 6) is 0.717. The molecule has 0 saturated heterocycles. The van der Waals surface area contributed by atoms with Gasteiger partial charge in [0.25, 0.3) is 22.2 Å². The Kier molecular flexibility index (Phi) is 24.7. The number of halogens is 8. The minimum atomic E-state index is -4.51. The molecule has 124 heavy (non-hydrogen) atoms. The Bertz CT molecular complexity index is 7290. The summed E-state index contributed by atoms with van der Waals surface area (Å²) >= 11 is 18.1. The van der Waals surface area contributed by atoms with Gasteiger partial charge in [-0.05, 0) is 179 Å². The van der Waals surface area contributed by atoms with Crippen LogP contribution in [0.15, 0.2) is 256 Å². The fraction of sp³-hybridized carbons (Fsp3) is 0.144. The fourth-order valence-electron chi connectivity index (χ4n) is 13.3. The quantitative estimate of drug-likeness (QED) is 0.0721. The molecule has 0 radical (unpaired) electrons. The van der Waals surface area contributed by atoms with Gasteiger partial charge in [-0.1, -0.05) is 107 Å². The van der Waals surface area contributed by atoms with Crippen LogP contribution in [-0.2, 0) is 14.1 Å². The molecule has 0 N–H and O–H groups in total. The third-order valence-electron chi connectivity index (χ3n) is 18.9. The lowest BCUT2D eigenvalue weighted by Gasteiger charge is -2.13. The zero-order valence-corrected chi connectivity index (χ0v) is 69.0. The Morgan fingerprint density at radius 1 is 0.355 bits per heavy atom. The number of benzene rings is 7. The first-order valence-electron chi connectivity index (χ1n) is 38.3. The van der Waals surface area contributed by atoms with Crippen molar-refractivity contribution < 1.29 is 45.6 Å². The van der Waals surface area contributed by atoms with Gasteiger partial charge in [0, 0.05) is 94.4 Å². The topological polar surface area (TPSA) is 286 Å². The monoisotopic (exact) mass is 1730 g/mol. The standard InChI is InChI=1S/C23H18ClN5O2.C23H18F2N6O3.C22H15ClF3N3O2.C22H18ClN3O2/c1-3-31-20-11-10-19-22(25-20)21(14-4-6-16(24)7-5-14)23(30)29(27-19)17-8-9-18-15(12-17)13-28(2)26-18;1-3-33-19-9-7-17-21(27-19)20(13-4-8-18(26-11-13)34-23(24)25)22(32)31(29-17)15-5-6-16-14(10-15)12-30(2)28-16;1-13-2-8-16(9-3-13)29-21(30)19(14-4-6-15(23)7-5-14)20-17(28-29)10-11-18(27-20)31-12-22(24,25)26;1-3-28-19-13-12-18-21(24-19)20(15-6-8-16(23)9-7-15)22(27)26(25-18)17-10-4-14(2)5-11-17/h4-13H,3H2,1-2H3;4-12,23H,3H2,1-2H3;2-11H,12H2,1H3;4-13H,3H2,1-2H3. The third kappa shape index (κ3) is 18.8. The van der Waals surface area contributed by atoms with Crippen molar-refractivity contribution in [3.63, 3.8) is 0 Å². The number of rotatable bonds is 18. The Morgan fingerprint density at radius 3 is 0.952 bits per heavy atom. The first-order valence-corrected chi connectivity index (χ1v) is 39.4. The van der Waals surface area contributed by atoms with Crippen LogP contribution >= 0.6 is 34.8 Å². The number of fused-ring (bicyclic) bond motifs is 6. The van der Waals surface area contributed by atoms with Crippen molar-refractivity contribution in [1.29, 1.82) is 0 Å². The van der Waals surface area contributed by atoms with Crippen molar-refractivity contribution in [3.8, 4) is 96.7 Å². The molecule has 0 spiro atoms. The number of alkyl halides is 5. The summed E-state index contributed by atoms with van der Waals surface area (Å²) < 4.78 is 97.1.